The van der Waals surface area contributed by atoms with Gasteiger partial charge in [0.25, 0.3) is 0 Å². The third-order valence-electron chi connectivity index (χ3n) is 3.12. The number of thiophene rings is 1. The van der Waals surface area contributed by atoms with Crippen LogP contribution in [0.1, 0.15) is 0 Å². The molecular weight excluding hydrogens is 306 g/mol. The van der Waals surface area contributed by atoms with Crippen LogP contribution < -0.4 is 0 Å². The maximum atomic E-state index is 12.0. The highest BCUT2D eigenvalue weighted by molar-refractivity contribution is 7.99. The molecule has 21 heavy (non-hydrogen) atoms. The van der Waals surface area contributed by atoms with Crippen LogP contribution in [0.3, 0.4) is 0 Å². The van der Waals surface area contributed by atoms with Crippen LogP contribution in [0.15, 0.2) is 34.7 Å². The van der Waals surface area contributed by atoms with Gasteiger partial charge in [-0.3, -0.25) is 4.79 Å². The van der Waals surface area contributed by atoms with Crippen molar-refractivity contribution in [3.05, 3.63) is 29.6 Å². The van der Waals surface area contributed by atoms with Crippen LogP contribution in [0, 0.1) is 0 Å². The Labute approximate surface area is 131 Å². The lowest BCUT2D eigenvalue weighted by Crippen LogP contribution is -2.41. The number of carbonyl (C=O) groups excluding carboxylic acids is 1. The molecule has 5 nitrogen and oxygen atoms in total. The molecule has 1 saturated heterocycles. The molecule has 2 aromatic rings. The van der Waals surface area contributed by atoms with E-state index in [0.29, 0.717) is 32.1 Å². The minimum absolute atomic E-state index is 0.132. The highest BCUT2D eigenvalue weighted by Gasteiger charge is 2.17. The molecule has 1 amide bonds. The normalized spacial score (nSPS) is 15.1. The monoisotopic (exact) mass is 321 g/mol. The average Bonchev–Trinajstić information content (AvgIpc) is 3.08. The van der Waals surface area contributed by atoms with E-state index in [9.17, 15) is 4.79 Å². The largest absolute Gasteiger partial charge is 0.378 e. The molecule has 0 atom stereocenters. The minimum Gasteiger partial charge on any atom is -0.378 e. The Kier molecular flexibility index (Phi) is 4.84. The third kappa shape index (κ3) is 3.81. The molecule has 3 heterocycles. The Morgan fingerprint density at radius 2 is 2.14 bits per heavy atom. The van der Waals surface area contributed by atoms with Crippen molar-refractivity contribution in [1.82, 2.24) is 15.1 Å². The smallest absolute Gasteiger partial charge is 0.233 e. The van der Waals surface area contributed by atoms with Gasteiger partial charge in [-0.2, -0.15) is 0 Å². The quantitative estimate of drug-likeness (QED) is 0.808. The summed E-state index contributed by atoms with van der Waals surface area (Å²) >= 11 is 3.06. The fraction of sp³-hybridized carbons (Fsp3) is 0.357. The second-order valence-corrected chi connectivity index (χ2v) is 6.46. The van der Waals surface area contributed by atoms with Crippen molar-refractivity contribution in [1.29, 1.82) is 0 Å². The summed E-state index contributed by atoms with van der Waals surface area (Å²) < 4.78 is 5.24. The van der Waals surface area contributed by atoms with Gasteiger partial charge in [0.2, 0.25) is 5.91 Å². The fourth-order valence-corrected chi connectivity index (χ4v) is 3.40. The summed E-state index contributed by atoms with van der Waals surface area (Å²) in [7, 11) is 0. The van der Waals surface area contributed by atoms with Crippen LogP contribution in [0.25, 0.3) is 10.6 Å². The lowest BCUT2D eigenvalue weighted by Gasteiger charge is -2.26. The van der Waals surface area contributed by atoms with Gasteiger partial charge in [0, 0.05) is 13.1 Å². The summed E-state index contributed by atoms with van der Waals surface area (Å²) in [6.07, 6.45) is 0. The molecule has 1 aliphatic heterocycles. The van der Waals surface area contributed by atoms with E-state index in [1.807, 2.05) is 34.5 Å². The van der Waals surface area contributed by atoms with Gasteiger partial charge in [0.15, 0.2) is 0 Å². The molecule has 0 spiro atoms. The van der Waals surface area contributed by atoms with Gasteiger partial charge in [-0.25, -0.2) is 0 Å². The number of amides is 1. The van der Waals surface area contributed by atoms with E-state index in [-0.39, 0.29) is 5.91 Å². The van der Waals surface area contributed by atoms with E-state index < -0.39 is 0 Å². The SMILES string of the molecule is O=C(CSc1ccc(-c2cccs2)nn1)N1CCOCC1. The van der Waals surface area contributed by atoms with Crippen molar-refractivity contribution in [2.24, 2.45) is 0 Å². The molecule has 0 aliphatic carbocycles. The number of rotatable bonds is 4. The predicted octanol–water partition coefficient (Wildman–Crippen LogP) is 2.16. The first kappa shape index (κ1) is 14.5. The lowest BCUT2D eigenvalue weighted by atomic mass is 10.3. The molecule has 0 aromatic carbocycles. The fourth-order valence-electron chi connectivity index (χ4n) is 1.99. The van der Waals surface area contributed by atoms with Gasteiger partial charge in [-0.05, 0) is 23.6 Å². The Balaban J connectivity index is 1.54. The second kappa shape index (κ2) is 7.02. The number of morpholine rings is 1. The van der Waals surface area contributed by atoms with Gasteiger partial charge in [-0.15, -0.1) is 21.5 Å². The van der Waals surface area contributed by atoms with Crippen molar-refractivity contribution >= 4 is 29.0 Å². The average molecular weight is 321 g/mol. The molecule has 110 valence electrons. The highest BCUT2D eigenvalue weighted by atomic mass is 32.2. The summed E-state index contributed by atoms with van der Waals surface area (Å²) in [4.78, 5) is 15.0. The van der Waals surface area contributed by atoms with E-state index in [1.165, 1.54) is 11.8 Å². The zero-order valence-corrected chi connectivity index (χ0v) is 13.0. The molecule has 0 saturated carbocycles. The maximum Gasteiger partial charge on any atom is 0.233 e. The number of nitrogens with zero attached hydrogens (tertiary/aromatic N) is 3. The molecule has 7 heteroatoms. The molecule has 1 aliphatic rings. The second-order valence-electron chi connectivity index (χ2n) is 4.52. The van der Waals surface area contributed by atoms with Crippen molar-refractivity contribution in [3.63, 3.8) is 0 Å². The summed E-state index contributed by atoms with van der Waals surface area (Å²) in [5.74, 6) is 0.528. The van der Waals surface area contributed by atoms with Gasteiger partial charge in [0.05, 0.1) is 23.8 Å². The van der Waals surface area contributed by atoms with E-state index in [0.717, 1.165) is 15.6 Å². The zero-order valence-electron chi connectivity index (χ0n) is 11.4. The molecule has 2 aromatic heterocycles. The lowest BCUT2D eigenvalue weighted by molar-refractivity contribution is -0.132. The topological polar surface area (TPSA) is 55.3 Å². The van der Waals surface area contributed by atoms with E-state index in [1.54, 1.807) is 11.3 Å². The Morgan fingerprint density at radius 3 is 2.81 bits per heavy atom. The van der Waals surface area contributed by atoms with Crippen molar-refractivity contribution in [3.8, 4) is 10.6 Å². The van der Waals surface area contributed by atoms with Gasteiger partial charge >= 0.3 is 0 Å². The van der Waals surface area contributed by atoms with E-state index in [4.69, 9.17) is 4.74 Å². The highest BCUT2D eigenvalue weighted by Crippen LogP contribution is 2.23. The van der Waals surface area contributed by atoms with Crippen molar-refractivity contribution < 1.29 is 9.53 Å². The molecular formula is C14H15N3O2S2. The maximum absolute atomic E-state index is 12.0. The first-order valence-electron chi connectivity index (χ1n) is 6.69. The number of ether oxygens (including phenoxy) is 1. The van der Waals surface area contributed by atoms with Crippen LogP contribution in [-0.2, 0) is 9.53 Å². The van der Waals surface area contributed by atoms with Gasteiger partial charge < -0.3 is 9.64 Å². The molecule has 3 rings (SSSR count). The van der Waals surface area contributed by atoms with Crippen LogP contribution in [-0.4, -0.2) is 53.1 Å². The summed E-state index contributed by atoms with van der Waals surface area (Å²) in [6.45, 7) is 2.63. The first-order valence-corrected chi connectivity index (χ1v) is 8.55. The molecule has 0 N–H and O–H groups in total. The Bertz CT molecular complexity index is 581. The molecule has 1 fully saturated rings. The van der Waals surface area contributed by atoms with E-state index >= 15 is 0 Å². The van der Waals surface area contributed by atoms with Gasteiger partial charge in [-0.1, -0.05) is 17.8 Å². The molecule has 0 radical (unpaired) electrons. The van der Waals surface area contributed by atoms with Gasteiger partial charge in [0.1, 0.15) is 10.7 Å². The van der Waals surface area contributed by atoms with Crippen molar-refractivity contribution in [2.75, 3.05) is 32.1 Å². The van der Waals surface area contributed by atoms with Crippen LogP contribution in [0.5, 0.6) is 0 Å². The minimum atomic E-state index is 0.132. The Morgan fingerprint density at radius 1 is 1.29 bits per heavy atom. The van der Waals surface area contributed by atoms with Crippen molar-refractivity contribution in [2.45, 2.75) is 5.03 Å². The number of thioether (sulfide) groups is 1. The van der Waals surface area contributed by atoms with Crippen LogP contribution in [0.2, 0.25) is 0 Å². The summed E-state index contributed by atoms with van der Waals surface area (Å²) in [5, 5.41) is 11.2. The first-order chi connectivity index (χ1) is 10.3. The molecule has 0 unspecified atom stereocenters. The standard InChI is InChI=1S/C14H15N3O2S2/c18-14(17-5-7-19-8-6-17)10-21-13-4-3-11(15-16-13)12-2-1-9-20-12/h1-4,9H,5-8,10H2. The van der Waals surface area contributed by atoms with Crippen LogP contribution >= 0.6 is 23.1 Å². The number of carbonyl (C=O) groups is 1. The number of hydrogen-bond acceptors (Lipinski definition) is 6. The zero-order chi connectivity index (χ0) is 14.5. The third-order valence-corrected chi connectivity index (χ3v) is 4.92. The van der Waals surface area contributed by atoms with E-state index in [2.05, 4.69) is 10.2 Å². The molecule has 0 bridgehead atoms. The number of hydrogen-bond donors (Lipinski definition) is 0. The predicted molar refractivity (Wildman–Crippen MR) is 83.5 cm³/mol. The number of aromatic nitrogens is 2. The summed E-state index contributed by atoms with van der Waals surface area (Å²) in [5.41, 5.74) is 0.869. The summed E-state index contributed by atoms with van der Waals surface area (Å²) in [6, 6.07) is 7.87. The van der Waals surface area contributed by atoms with Crippen LogP contribution in [0.4, 0.5) is 0 Å². The Hall–Kier alpha value is -1.44.